The average Bonchev–Trinajstić information content (AvgIpc) is 2.55. The second kappa shape index (κ2) is 12.4. The Morgan fingerprint density at radius 2 is 1.46 bits per heavy atom. The van der Waals surface area contributed by atoms with E-state index in [-0.39, 0.29) is 5.54 Å². The second-order valence-corrected chi connectivity index (χ2v) is 7.73. The van der Waals surface area contributed by atoms with E-state index in [1.165, 1.54) is 57.8 Å². The first-order valence-electron chi connectivity index (χ1n) is 10.0. The van der Waals surface area contributed by atoms with Gasteiger partial charge in [-0.25, -0.2) is 0 Å². The first-order chi connectivity index (χ1) is 11.5. The number of ether oxygens (including phenoxy) is 1. The molecule has 0 radical (unpaired) electrons. The summed E-state index contributed by atoms with van der Waals surface area (Å²) in [6.07, 6.45) is 13.2. The molecule has 0 aliphatic heterocycles. The van der Waals surface area contributed by atoms with Crippen molar-refractivity contribution in [3.8, 4) is 5.75 Å². The predicted molar refractivity (Wildman–Crippen MR) is 106 cm³/mol. The SMILES string of the molecule is CCCCCCCCCCC(CCOc1ccccc1)C(C)(C)N. The highest BCUT2D eigenvalue weighted by atomic mass is 16.5. The molecule has 2 heteroatoms. The molecule has 2 N–H and O–H groups in total. The molecule has 138 valence electrons. The maximum absolute atomic E-state index is 6.40. The van der Waals surface area contributed by atoms with E-state index in [0.29, 0.717) is 5.92 Å². The Labute approximate surface area is 150 Å². The van der Waals surface area contributed by atoms with Crippen molar-refractivity contribution >= 4 is 0 Å². The number of hydrogen-bond acceptors (Lipinski definition) is 2. The van der Waals surface area contributed by atoms with Gasteiger partial charge in [0, 0.05) is 5.54 Å². The molecule has 0 heterocycles. The van der Waals surface area contributed by atoms with Gasteiger partial charge in [-0.15, -0.1) is 0 Å². The summed E-state index contributed by atoms with van der Waals surface area (Å²) in [6.45, 7) is 7.35. The zero-order valence-corrected chi connectivity index (χ0v) is 16.2. The summed E-state index contributed by atoms with van der Waals surface area (Å²) in [5, 5.41) is 0. The fourth-order valence-electron chi connectivity index (χ4n) is 3.25. The van der Waals surface area contributed by atoms with E-state index in [4.69, 9.17) is 10.5 Å². The van der Waals surface area contributed by atoms with Gasteiger partial charge >= 0.3 is 0 Å². The Bertz CT molecular complexity index is 396. The van der Waals surface area contributed by atoms with Crippen molar-refractivity contribution in [1.29, 1.82) is 0 Å². The lowest BCUT2D eigenvalue weighted by Crippen LogP contribution is -2.41. The first-order valence-corrected chi connectivity index (χ1v) is 10.0. The van der Waals surface area contributed by atoms with Gasteiger partial charge in [0.05, 0.1) is 6.61 Å². The Hall–Kier alpha value is -1.02. The van der Waals surface area contributed by atoms with E-state index in [0.717, 1.165) is 18.8 Å². The van der Waals surface area contributed by atoms with Gasteiger partial charge in [-0.3, -0.25) is 0 Å². The average molecular weight is 334 g/mol. The molecule has 0 aliphatic rings. The molecule has 1 rings (SSSR count). The molecule has 0 amide bonds. The Morgan fingerprint density at radius 3 is 2.04 bits per heavy atom. The summed E-state index contributed by atoms with van der Waals surface area (Å²) in [4.78, 5) is 0. The van der Waals surface area contributed by atoms with E-state index in [2.05, 4.69) is 20.8 Å². The van der Waals surface area contributed by atoms with Crippen LogP contribution in [0.4, 0.5) is 0 Å². The van der Waals surface area contributed by atoms with Crippen molar-refractivity contribution in [2.24, 2.45) is 11.7 Å². The predicted octanol–water partition coefficient (Wildman–Crippen LogP) is 6.34. The fraction of sp³-hybridized carbons (Fsp3) is 0.727. The maximum atomic E-state index is 6.40. The molecular weight excluding hydrogens is 294 g/mol. The summed E-state index contributed by atoms with van der Waals surface area (Å²) in [5.74, 6) is 1.49. The van der Waals surface area contributed by atoms with E-state index >= 15 is 0 Å². The molecule has 0 fully saturated rings. The third-order valence-corrected chi connectivity index (χ3v) is 4.94. The second-order valence-electron chi connectivity index (χ2n) is 7.73. The minimum atomic E-state index is -0.124. The monoisotopic (exact) mass is 333 g/mol. The Morgan fingerprint density at radius 1 is 0.875 bits per heavy atom. The highest BCUT2D eigenvalue weighted by Gasteiger charge is 2.24. The first kappa shape index (κ1) is 21.0. The van der Waals surface area contributed by atoms with Crippen molar-refractivity contribution in [1.82, 2.24) is 0 Å². The fourth-order valence-corrected chi connectivity index (χ4v) is 3.25. The molecule has 1 unspecified atom stereocenters. The van der Waals surface area contributed by atoms with Gasteiger partial charge in [-0.2, -0.15) is 0 Å². The third-order valence-electron chi connectivity index (χ3n) is 4.94. The van der Waals surface area contributed by atoms with Gasteiger partial charge in [-0.05, 0) is 44.7 Å². The van der Waals surface area contributed by atoms with Crippen molar-refractivity contribution < 1.29 is 4.74 Å². The van der Waals surface area contributed by atoms with E-state index in [1.54, 1.807) is 0 Å². The standard InChI is InChI=1S/C22H39NO/c1-4-5-6-7-8-9-10-12-15-20(22(2,3)23)18-19-24-21-16-13-11-14-17-21/h11,13-14,16-17,20H,4-10,12,15,18-19,23H2,1-3H3. The van der Waals surface area contributed by atoms with Crippen LogP contribution in [0.3, 0.4) is 0 Å². The van der Waals surface area contributed by atoms with Crippen molar-refractivity contribution in [2.75, 3.05) is 6.61 Å². The Balaban J connectivity index is 2.18. The lowest BCUT2D eigenvalue weighted by molar-refractivity contribution is 0.214. The van der Waals surface area contributed by atoms with Crippen LogP contribution in [0.25, 0.3) is 0 Å². The van der Waals surface area contributed by atoms with Crippen LogP contribution in [-0.4, -0.2) is 12.1 Å². The molecule has 0 aliphatic carbocycles. The number of benzene rings is 1. The normalized spacial score (nSPS) is 13.0. The largest absolute Gasteiger partial charge is 0.494 e. The zero-order chi connectivity index (χ0) is 17.7. The van der Waals surface area contributed by atoms with Crippen LogP contribution in [0.2, 0.25) is 0 Å². The Kier molecular flexibility index (Phi) is 10.8. The van der Waals surface area contributed by atoms with Crippen LogP contribution < -0.4 is 10.5 Å². The molecule has 0 spiro atoms. The quantitative estimate of drug-likeness (QED) is 0.403. The van der Waals surface area contributed by atoms with Crippen molar-refractivity contribution in [3.05, 3.63) is 30.3 Å². The molecule has 0 bridgehead atoms. The number of nitrogens with two attached hydrogens (primary N) is 1. The number of rotatable bonds is 14. The van der Waals surface area contributed by atoms with Gasteiger partial charge in [0.2, 0.25) is 0 Å². The van der Waals surface area contributed by atoms with E-state index < -0.39 is 0 Å². The van der Waals surface area contributed by atoms with Crippen LogP contribution in [0.1, 0.15) is 85.0 Å². The summed E-state index contributed by atoms with van der Waals surface area (Å²) in [7, 11) is 0. The lowest BCUT2D eigenvalue weighted by atomic mass is 9.82. The molecule has 0 aromatic heterocycles. The molecule has 2 nitrogen and oxygen atoms in total. The summed E-state index contributed by atoms with van der Waals surface area (Å²) in [5.41, 5.74) is 6.28. The molecule has 0 saturated heterocycles. The number of hydrogen-bond donors (Lipinski definition) is 1. The minimum absolute atomic E-state index is 0.124. The van der Waals surface area contributed by atoms with Crippen molar-refractivity contribution in [3.63, 3.8) is 0 Å². The van der Waals surface area contributed by atoms with Crippen LogP contribution in [0.5, 0.6) is 5.75 Å². The number of para-hydroxylation sites is 1. The lowest BCUT2D eigenvalue weighted by Gasteiger charge is -2.30. The summed E-state index contributed by atoms with van der Waals surface area (Å²) in [6, 6.07) is 10.1. The van der Waals surface area contributed by atoms with Crippen LogP contribution >= 0.6 is 0 Å². The molecule has 1 atom stereocenters. The topological polar surface area (TPSA) is 35.2 Å². The zero-order valence-electron chi connectivity index (χ0n) is 16.2. The molecular formula is C22H39NO. The third kappa shape index (κ3) is 9.97. The highest BCUT2D eigenvalue weighted by Crippen LogP contribution is 2.25. The molecule has 24 heavy (non-hydrogen) atoms. The van der Waals surface area contributed by atoms with Gasteiger partial charge in [0.15, 0.2) is 0 Å². The van der Waals surface area contributed by atoms with Gasteiger partial charge in [0.25, 0.3) is 0 Å². The smallest absolute Gasteiger partial charge is 0.119 e. The number of unbranched alkanes of at least 4 members (excludes halogenated alkanes) is 7. The van der Waals surface area contributed by atoms with Crippen molar-refractivity contribution in [2.45, 2.75) is 90.5 Å². The molecule has 0 saturated carbocycles. The van der Waals surface area contributed by atoms with E-state index in [1.807, 2.05) is 30.3 Å². The molecule has 1 aromatic rings. The van der Waals surface area contributed by atoms with Gasteiger partial charge < -0.3 is 10.5 Å². The van der Waals surface area contributed by atoms with Crippen LogP contribution in [0, 0.1) is 5.92 Å². The van der Waals surface area contributed by atoms with Crippen LogP contribution in [0.15, 0.2) is 30.3 Å². The van der Waals surface area contributed by atoms with Gasteiger partial charge in [0.1, 0.15) is 5.75 Å². The van der Waals surface area contributed by atoms with E-state index in [9.17, 15) is 0 Å². The minimum Gasteiger partial charge on any atom is -0.494 e. The summed E-state index contributed by atoms with van der Waals surface area (Å²) >= 11 is 0. The van der Waals surface area contributed by atoms with Gasteiger partial charge in [-0.1, -0.05) is 76.5 Å². The summed E-state index contributed by atoms with van der Waals surface area (Å²) < 4.78 is 5.86. The maximum Gasteiger partial charge on any atom is 0.119 e. The molecule has 1 aromatic carbocycles. The van der Waals surface area contributed by atoms with Crippen LogP contribution in [-0.2, 0) is 0 Å². The highest BCUT2D eigenvalue weighted by molar-refractivity contribution is 5.20.